The minimum Gasteiger partial charge on any atom is -0.461 e. The van der Waals surface area contributed by atoms with Crippen molar-refractivity contribution in [2.45, 2.75) is 20.3 Å². The number of imidazole rings is 1. The minimum atomic E-state index is -0.0540. The lowest BCUT2D eigenvalue weighted by molar-refractivity contribution is 0.0965. The van der Waals surface area contributed by atoms with Crippen molar-refractivity contribution >= 4 is 11.4 Å². The molecular weight excluding hydrogens is 312 g/mol. The van der Waals surface area contributed by atoms with Gasteiger partial charge in [-0.25, -0.2) is 4.98 Å². The van der Waals surface area contributed by atoms with Gasteiger partial charge in [-0.2, -0.15) is 0 Å². The van der Waals surface area contributed by atoms with E-state index in [0.717, 1.165) is 28.2 Å². The van der Waals surface area contributed by atoms with Gasteiger partial charge in [-0.15, -0.1) is 0 Å². The molecule has 124 valence electrons. The van der Waals surface area contributed by atoms with Crippen LogP contribution in [0.15, 0.2) is 65.4 Å². The van der Waals surface area contributed by atoms with E-state index < -0.39 is 0 Å². The van der Waals surface area contributed by atoms with Crippen molar-refractivity contribution in [3.63, 3.8) is 0 Å². The standard InChI is InChI=1S/C21H18N2O2/c1-14-5-8-16(9-6-14)21-17(12-18(24)19-4-3-11-25-19)23-13-15(2)7-10-20(23)22-21/h3-11,13H,12H2,1-2H3. The maximum atomic E-state index is 12.6. The molecule has 4 aromatic rings. The molecule has 4 nitrogen and oxygen atoms in total. The van der Waals surface area contributed by atoms with E-state index in [1.54, 1.807) is 12.1 Å². The van der Waals surface area contributed by atoms with Gasteiger partial charge < -0.3 is 8.82 Å². The average Bonchev–Trinajstić information content (AvgIpc) is 3.24. The van der Waals surface area contributed by atoms with Gasteiger partial charge in [0, 0.05) is 11.8 Å². The summed E-state index contributed by atoms with van der Waals surface area (Å²) >= 11 is 0. The highest BCUT2D eigenvalue weighted by atomic mass is 16.3. The molecule has 0 fully saturated rings. The Labute approximate surface area is 145 Å². The van der Waals surface area contributed by atoms with E-state index in [-0.39, 0.29) is 12.2 Å². The van der Waals surface area contributed by atoms with Gasteiger partial charge in [0.25, 0.3) is 0 Å². The highest BCUT2D eigenvalue weighted by Gasteiger charge is 2.19. The first-order valence-electron chi connectivity index (χ1n) is 8.23. The molecule has 0 amide bonds. The fourth-order valence-electron chi connectivity index (χ4n) is 2.99. The molecule has 0 aliphatic heterocycles. The fourth-order valence-corrected chi connectivity index (χ4v) is 2.99. The number of benzene rings is 1. The summed E-state index contributed by atoms with van der Waals surface area (Å²) < 4.78 is 7.27. The predicted molar refractivity (Wildman–Crippen MR) is 96.8 cm³/mol. The lowest BCUT2D eigenvalue weighted by Crippen LogP contribution is -2.06. The zero-order valence-corrected chi connectivity index (χ0v) is 14.2. The Kier molecular flexibility index (Phi) is 3.73. The van der Waals surface area contributed by atoms with Gasteiger partial charge >= 0.3 is 0 Å². The average molecular weight is 330 g/mol. The lowest BCUT2D eigenvalue weighted by Gasteiger charge is -2.05. The topological polar surface area (TPSA) is 47.5 Å². The number of pyridine rings is 1. The van der Waals surface area contributed by atoms with Crippen molar-refractivity contribution in [1.82, 2.24) is 9.38 Å². The van der Waals surface area contributed by atoms with E-state index in [1.807, 2.05) is 41.8 Å². The summed E-state index contributed by atoms with van der Waals surface area (Å²) in [4.78, 5) is 17.4. The SMILES string of the molecule is Cc1ccc(-c2nc3ccc(C)cn3c2CC(=O)c2ccco2)cc1. The van der Waals surface area contributed by atoms with Crippen LogP contribution in [0.5, 0.6) is 0 Å². The van der Waals surface area contributed by atoms with Crippen LogP contribution in [0, 0.1) is 13.8 Å². The van der Waals surface area contributed by atoms with E-state index in [4.69, 9.17) is 9.40 Å². The Hall–Kier alpha value is -3.14. The minimum absolute atomic E-state index is 0.0540. The molecule has 4 rings (SSSR count). The Morgan fingerprint density at radius 3 is 2.52 bits per heavy atom. The molecule has 3 heterocycles. The van der Waals surface area contributed by atoms with Crippen molar-refractivity contribution in [2.75, 3.05) is 0 Å². The molecule has 0 aliphatic carbocycles. The van der Waals surface area contributed by atoms with E-state index in [1.165, 1.54) is 11.8 Å². The molecule has 3 aromatic heterocycles. The summed E-state index contributed by atoms with van der Waals surface area (Å²) in [5, 5.41) is 0. The van der Waals surface area contributed by atoms with E-state index in [0.29, 0.717) is 5.76 Å². The maximum Gasteiger partial charge on any atom is 0.203 e. The number of nitrogens with zero attached hydrogens (tertiary/aromatic N) is 2. The quantitative estimate of drug-likeness (QED) is 0.512. The summed E-state index contributed by atoms with van der Waals surface area (Å²) in [7, 11) is 0. The number of ketones is 1. The number of carbonyl (C=O) groups excluding carboxylic acids is 1. The van der Waals surface area contributed by atoms with Crippen LogP contribution >= 0.6 is 0 Å². The van der Waals surface area contributed by atoms with Crippen LogP contribution in [0.3, 0.4) is 0 Å². The number of Topliss-reactive ketones (excluding diaryl/α,β-unsaturated/α-hetero) is 1. The number of rotatable bonds is 4. The molecule has 0 bridgehead atoms. The van der Waals surface area contributed by atoms with Crippen LogP contribution in [0.1, 0.15) is 27.4 Å². The zero-order chi connectivity index (χ0) is 17.4. The molecule has 25 heavy (non-hydrogen) atoms. The van der Waals surface area contributed by atoms with Crippen LogP contribution in [0.2, 0.25) is 0 Å². The van der Waals surface area contributed by atoms with Crippen LogP contribution in [-0.2, 0) is 6.42 Å². The summed E-state index contributed by atoms with van der Waals surface area (Å²) in [6.07, 6.45) is 3.78. The zero-order valence-electron chi connectivity index (χ0n) is 14.2. The van der Waals surface area contributed by atoms with Crippen LogP contribution in [-0.4, -0.2) is 15.2 Å². The molecule has 0 radical (unpaired) electrons. The van der Waals surface area contributed by atoms with E-state index >= 15 is 0 Å². The molecule has 0 N–H and O–H groups in total. The molecule has 1 aromatic carbocycles. The van der Waals surface area contributed by atoms with Crippen LogP contribution in [0.4, 0.5) is 0 Å². The molecule has 0 aliphatic rings. The first-order valence-corrected chi connectivity index (χ1v) is 8.23. The maximum absolute atomic E-state index is 12.6. The second-order valence-electron chi connectivity index (χ2n) is 6.29. The van der Waals surface area contributed by atoms with Crippen LogP contribution in [0.25, 0.3) is 16.9 Å². The van der Waals surface area contributed by atoms with Gasteiger partial charge in [-0.05, 0) is 37.6 Å². The van der Waals surface area contributed by atoms with Crippen molar-refractivity contribution in [2.24, 2.45) is 0 Å². The van der Waals surface area contributed by atoms with Crippen molar-refractivity contribution in [3.8, 4) is 11.3 Å². The summed E-state index contributed by atoms with van der Waals surface area (Å²) in [6.45, 7) is 4.08. The Bertz CT molecular complexity index is 1040. The van der Waals surface area contributed by atoms with Gasteiger partial charge in [0.05, 0.1) is 24.1 Å². The lowest BCUT2D eigenvalue weighted by atomic mass is 10.0. The smallest absolute Gasteiger partial charge is 0.203 e. The number of hydrogen-bond donors (Lipinski definition) is 0. The Balaban J connectivity index is 1.86. The highest BCUT2D eigenvalue weighted by molar-refractivity contribution is 5.95. The number of hydrogen-bond acceptors (Lipinski definition) is 3. The fraction of sp³-hybridized carbons (Fsp3) is 0.143. The number of aryl methyl sites for hydroxylation is 2. The van der Waals surface area contributed by atoms with Crippen molar-refractivity contribution in [3.05, 3.63) is 83.6 Å². The number of carbonyl (C=O) groups is 1. The summed E-state index contributed by atoms with van der Waals surface area (Å²) in [5.74, 6) is 0.319. The van der Waals surface area contributed by atoms with E-state index in [2.05, 4.69) is 19.1 Å². The first kappa shape index (κ1) is 15.4. The summed E-state index contributed by atoms with van der Waals surface area (Å²) in [5.41, 5.74) is 5.87. The Morgan fingerprint density at radius 2 is 1.80 bits per heavy atom. The Morgan fingerprint density at radius 1 is 1.04 bits per heavy atom. The second kappa shape index (κ2) is 6.06. The molecular formula is C21H18N2O2. The van der Waals surface area contributed by atoms with Gasteiger partial charge in [-0.3, -0.25) is 4.79 Å². The number of fused-ring (bicyclic) bond motifs is 1. The third kappa shape index (κ3) is 2.87. The van der Waals surface area contributed by atoms with Crippen molar-refractivity contribution < 1.29 is 9.21 Å². The first-order chi connectivity index (χ1) is 12.1. The summed E-state index contributed by atoms with van der Waals surface area (Å²) in [6, 6.07) is 15.6. The van der Waals surface area contributed by atoms with Gasteiger partial charge in [0.15, 0.2) is 5.76 Å². The molecule has 0 saturated carbocycles. The monoisotopic (exact) mass is 330 g/mol. The van der Waals surface area contributed by atoms with Gasteiger partial charge in [-0.1, -0.05) is 35.9 Å². The molecule has 4 heteroatoms. The molecule has 0 spiro atoms. The molecule has 0 saturated heterocycles. The van der Waals surface area contributed by atoms with Crippen LogP contribution < -0.4 is 0 Å². The number of furan rings is 1. The normalized spacial score (nSPS) is 11.1. The van der Waals surface area contributed by atoms with E-state index in [9.17, 15) is 4.79 Å². The third-order valence-corrected chi connectivity index (χ3v) is 4.31. The van der Waals surface area contributed by atoms with Gasteiger partial charge in [0.2, 0.25) is 5.78 Å². The van der Waals surface area contributed by atoms with Gasteiger partial charge in [0.1, 0.15) is 5.65 Å². The molecule has 0 atom stereocenters. The highest BCUT2D eigenvalue weighted by Crippen LogP contribution is 2.26. The predicted octanol–water partition coefficient (Wildman–Crippen LogP) is 4.64. The second-order valence-corrected chi connectivity index (χ2v) is 6.29. The number of aromatic nitrogens is 2. The molecule has 0 unspecified atom stereocenters. The largest absolute Gasteiger partial charge is 0.461 e. The third-order valence-electron chi connectivity index (χ3n) is 4.31. The van der Waals surface area contributed by atoms with Crippen molar-refractivity contribution in [1.29, 1.82) is 0 Å².